The van der Waals surface area contributed by atoms with Gasteiger partial charge in [-0.15, -0.1) is 0 Å². The lowest BCUT2D eigenvalue weighted by Gasteiger charge is -2.36. The number of hydrogen-bond acceptors (Lipinski definition) is 5. The molecule has 1 aromatic carbocycles. The first kappa shape index (κ1) is 16.1. The Bertz CT molecular complexity index is 524. The minimum absolute atomic E-state index is 0.450. The molecule has 0 aromatic heterocycles. The maximum atomic E-state index is 11.3. The molecule has 0 radical (unpaired) electrons. The molecule has 2 heterocycles. The van der Waals surface area contributed by atoms with Crippen LogP contribution in [-0.2, 0) is 9.47 Å². The number of carbonyl (C=O) groups is 1. The number of piperidine rings is 1. The number of ether oxygens (including phenoxy) is 2. The molecule has 1 atom stereocenters. The van der Waals surface area contributed by atoms with Crippen molar-refractivity contribution in [3.63, 3.8) is 0 Å². The average Bonchev–Trinajstić information content (AvgIpc) is 3.10. The highest BCUT2D eigenvalue weighted by molar-refractivity contribution is 5.85. The molecule has 6 nitrogen and oxygen atoms in total. The molecule has 0 aliphatic carbocycles. The molecule has 2 aliphatic rings. The minimum atomic E-state index is -0.450. The number of likely N-dealkylation sites (tertiary alicyclic amines) is 1. The molecule has 3 rings (SSSR count). The van der Waals surface area contributed by atoms with Crippen molar-refractivity contribution in [2.75, 3.05) is 44.0 Å². The highest BCUT2D eigenvalue weighted by Gasteiger charge is 2.27. The summed E-state index contributed by atoms with van der Waals surface area (Å²) in [7, 11) is 1.36. The molecule has 1 amide bonds. The van der Waals surface area contributed by atoms with E-state index in [0.29, 0.717) is 12.1 Å². The van der Waals surface area contributed by atoms with Crippen LogP contribution < -0.4 is 10.6 Å². The lowest BCUT2D eigenvalue weighted by atomic mass is 10.0. The Morgan fingerprint density at radius 1 is 1.26 bits per heavy atom. The Kier molecular flexibility index (Phi) is 5.35. The third kappa shape index (κ3) is 4.36. The fourth-order valence-corrected chi connectivity index (χ4v) is 3.31. The summed E-state index contributed by atoms with van der Waals surface area (Å²) < 4.78 is 10.1. The van der Waals surface area contributed by atoms with Gasteiger partial charge in [-0.2, -0.15) is 0 Å². The highest BCUT2D eigenvalue weighted by atomic mass is 16.5. The highest BCUT2D eigenvalue weighted by Crippen LogP contribution is 2.22. The third-order valence-corrected chi connectivity index (χ3v) is 4.62. The first-order valence-electron chi connectivity index (χ1n) is 8.28. The molecular weight excluding hydrogens is 294 g/mol. The van der Waals surface area contributed by atoms with E-state index < -0.39 is 6.09 Å². The molecular formula is C17H25N3O3. The standard InChI is InChI=1S/C17H25N3O3/c1-22-17(21)19-15-4-2-3-14(11-15)18-13-5-8-20(9-6-13)16-7-10-23-12-16/h2-4,11,13,16,18H,5-10,12H2,1H3,(H,19,21). The van der Waals surface area contributed by atoms with Gasteiger partial charge in [-0.05, 0) is 37.5 Å². The zero-order valence-corrected chi connectivity index (χ0v) is 13.6. The Labute approximate surface area is 137 Å². The molecule has 0 spiro atoms. The summed E-state index contributed by atoms with van der Waals surface area (Å²) in [6.45, 7) is 4.03. The van der Waals surface area contributed by atoms with Gasteiger partial charge < -0.3 is 14.8 Å². The maximum Gasteiger partial charge on any atom is 0.411 e. The Morgan fingerprint density at radius 3 is 2.74 bits per heavy atom. The topological polar surface area (TPSA) is 62.8 Å². The lowest BCUT2D eigenvalue weighted by Crippen LogP contribution is -2.44. The van der Waals surface area contributed by atoms with Crippen LogP contribution in [0.1, 0.15) is 19.3 Å². The molecule has 126 valence electrons. The van der Waals surface area contributed by atoms with Crippen LogP contribution in [0.15, 0.2) is 24.3 Å². The van der Waals surface area contributed by atoms with Gasteiger partial charge in [-0.3, -0.25) is 10.2 Å². The monoisotopic (exact) mass is 319 g/mol. The van der Waals surface area contributed by atoms with Crippen LogP contribution in [0.2, 0.25) is 0 Å². The second-order valence-electron chi connectivity index (χ2n) is 6.17. The number of benzene rings is 1. The number of rotatable bonds is 4. The van der Waals surface area contributed by atoms with Crippen molar-refractivity contribution in [2.24, 2.45) is 0 Å². The van der Waals surface area contributed by atoms with Crippen molar-refractivity contribution in [3.05, 3.63) is 24.3 Å². The Morgan fingerprint density at radius 2 is 2.04 bits per heavy atom. The molecule has 1 aromatic rings. The van der Waals surface area contributed by atoms with Gasteiger partial charge in [0.25, 0.3) is 0 Å². The zero-order valence-electron chi connectivity index (χ0n) is 13.6. The van der Waals surface area contributed by atoms with E-state index in [1.807, 2.05) is 24.3 Å². The van der Waals surface area contributed by atoms with Gasteiger partial charge >= 0.3 is 6.09 Å². The zero-order chi connectivity index (χ0) is 16.1. The van der Waals surface area contributed by atoms with Gasteiger partial charge in [-0.1, -0.05) is 6.07 Å². The Balaban J connectivity index is 1.50. The summed E-state index contributed by atoms with van der Waals surface area (Å²) in [6, 6.07) is 8.84. The first-order chi connectivity index (χ1) is 11.2. The molecule has 2 N–H and O–H groups in total. The van der Waals surface area contributed by atoms with Gasteiger partial charge in [0.2, 0.25) is 0 Å². The quantitative estimate of drug-likeness (QED) is 0.893. The Hall–Kier alpha value is -1.79. The summed E-state index contributed by atoms with van der Waals surface area (Å²) in [5, 5.41) is 6.26. The minimum Gasteiger partial charge on any atom is -0.453 e. The van der Waals surface area contributed by atoms with Crippen molar-refractivity contribution in [1.82, 2.24) is 4.90 Å². The summed E-state index contributed by atoms with van der Waals surface area (Å²) in [6.07, 6.45) is 2.98. The summed E-state index contributed by atoms with van der Waals surface area (Å²) in [5.41, 5.74) is 1.77. The van der Waals surface area contributed by atoms with Crippen molar-refractivity contribution >= 4 is 17.5 Å². The van der Waals surface area contributed by atoms with Gasteiger partial charge in [0.05, 0.1) is 13.7 Å². The van der Waals surface area contributed by atoms with Crippen LogP contribution in [0.3, 0.4) is 0 Å². The molecule has 0 bridgehead atoms. The first-order valence-corrected chi connectivity index (χ1v) is 8.28. The predicted molar refractivity (Wildman–Crippen MR) is 89.9 cm³/mol. The second-order valence-corrected chi connectivity index (χ2v) is 6.17. The number of nitrogens with one attached hydrogen (secondary N) is 2. The summed E-state index contributed by atoms with van der Waals surface area (Å²) >= 11 is 0. The fraction of sp³-hybridized carbons (Fsp3) is 0.588. The fourth-order valence-electron chi connectivity index (χ4n) is 3.31. The molecule has 23 heavy (non-hydrogen) atoms. The van der Waals surface area contributed by atoms with Crippen LogP contribution in [0.5, 0.6) is 0 Å². The molecule has 6 heteroatoms. The number of amides is 1. The van der Waals surface area contributed by atoms with Crippen LogP contribution in [0.4, 0.5) is 16.2 Å². The normalized spacial score (nSPS) is 22.7. The predicted octanol–water partition coefficient (Wildman–Crippen LogP) is 2.53. The van der Waals surface area contributed by atoms with Gasteiger partial charge in [0.1, 0.15) is 0 Å². The number of nitrogens with zero attached hydrogens (tertiary/aromatic N) is 1. The summed E-state index contributed by atoms with van der Waals surface area (Å²) in [5.74, 6) is 0. The van der Waals surface area contributed by atoms with E-state index >= 15 is 0 Å². The van der Waals surface area contributed by atoms with E-state index in [-0.39, 0.29) is 0 Å². The number of anilines is 2. The third-order valence-electron chi connectivity index (χ3n) is 4.62. The van der Waals surface area contributed by atoms with E-state index in [0.717, 1.165) is 50.5 Å². The van der Waals surface area contributed by atoms with E-state index in [4.69, 9.17) is 4.74 Å². The van der Waals surface area contributed by atoms with Crippen LogP contribution in [-0.4, -0.2) is 56.5 Å². The van der Waals surface area contributed by atoms with Gasteiger partial charge in [0, 0.05) is 43.2 Å². The maximum absolute atomic E-state index is 11.3. The van der Waals surface area contributed by atoms with E-state index in [9.17, 15) is 4.79 Å². The van der Waals surface area contributed by atoms with Crippen molar-refractivity contribution in [3.8, 4) is 0 Å². The van der Waals surface area contributed by atoms with Crippen molar-refractivity contribution in [2.45, 2.75) is 31.3 Å². The molecule has 0 saturated carbocycles. The van der Waals surface area contributed by atoms with Crippen LogP contribution in [0, 0.1) is 0 Å². The molecule has 1 unspecified atom stereocenters. The van der Waals surface area contributed by atoms with E-state index in [2.05, 4.69) is 20.3 Å². The lowest BCUT2D eigenvalue weighted by molar-refractivity contribution is 0.124. The van der Waals surface area contributed by atoms with Gasteiger partial charge in [-0.25, -0.2) is 4.79 Å². The number of hydrogen-bond donors (Lipinski definition) is 2. The SMILES string of the molecule is COC(=O)Nc1cccc(NC2CCN(C3CCOC3)CC2)c1. The van der Waals surface area contributed by atoms with E-state index in [1.165, 1.54) is 13.5 Å². The van der Waals surface area contributed by atoms with Gasteiger partial charge in [0.15, 0.2) is 0 Å². The average molecular weight is 319 g/mol. The number of carbonyl (C=O) groups excluding carboxylic acids is 1. The van der Waals surface area contributed by atoms with Crippen molar-refractivity contribution < 1.29 is 14.3 Å². The second kappa shape index (κ2) is 7.66. The van der Waals surface area contributed by atoms with Crippen LogP contribution >= 0.6 is 0 Å². The smallest absolute Gasteiger partial charge is 0.411 e. The molecule has 2 aliphatic heterocycles. The van der Waals surface area contributed by atoms with Crippen molar-refractivity contribution in [1.29, 1.82) is 0 Å². The van der Waals surface area contributed by atoms with E-state index in [1.54, 1.807) is 0 Å². The summed E-state index contributed by atoms with van der Waals surface area (Å²) in [4.78, 5) is 13.8. The molecule has 2 fully saturated rings. The number of methoxy groups -OCH3 is 1. The largest absolute Gasteiger partial charge is 0.453 e. The molecule has 2 saturated heterocycles. The van der Waals surface area contributed by atoms with Crippen LogP contribution in [0.25, 0.3) is 0 Å².